The molecule has 2 fully saturated rings. The maximum Gasteiger partial charge on any atom is 0.0986 e. The summed E-state index contributed by atoms with van der Waals surface area (Å²) in [5.41, 5.74) is 0. The second-order valence-corrected chi connectivity index (χ2v) is 5.39. The Kier molecular flexibility index (Phi) is 5.89. The van der Waals surface area contributed by atoms with Gasteiger partial charge in [-0.25, -0.2) is 0 Å². The Labute approximate surface area is 111 Å². The smallest absolute Gasteiger partial charge is 0.0986 e. The van der Waals surface area contributed by atoms with Gasteiger partial charge in [-0.2, -0.15) is 0 Å². The first-order chi connectivity index (χ1) is 8.85. The average molecular weight is 256 g/mol. The number of likely N-dealkylation sites (tertiary alicyclic amines) is 1. The van der Waals surface area contributed by atoms with E-state index in [1.54, 1.807) is 7.11 Å². The van der Waals surface area contributed by atoms with Crippen molar-refractivity contribution in [2.24, 2.45) is 0 Å². The van der Waals surface area contributed by atoms with E-state index >= 15 is 0 Å². The predicted molar refractivity (Wildman–Crippen MR) is 72.9 cm³/mol. The highest BCUT2D eigenvalue weighted by Gasteiger charge is 2.41. The zero-order chi connectivity index (χ0) is 12.8. The number of hydrogen-bond acceptors (Lipinski definition) is 4. The summed E-state index contributed by atoms with van der Waals surface area (Å²) in [6, 6.07) is 0.491. The van der Waals surface area contributed by atoms with Crippen LogP contribution in [-0.2, 0) is 9.47 Å². The largest absolute Gasteiger partial charge is 0.377 e. The molecule has 106 valence electrons. The van der Waals surface area contributed by atoms with Gasteiger partial charge in [-0.1, -0.05) is 0 Å². The predicted octanol–water partition coefficient (Wildman–Crippen LogP) is 1.25. The SMILES string of the molecule is CCOC1CC(NCCCN2CCCC2)C1OC. The molecule has 4 heteroatoms. The zero-order valence-corrected chi connectivity index (χ0v) is 11.9. The third kappa shape index (κ3) is 3.67. The molecular weight excluding hydrogens is 228 g/mol. The first kappa shape index (κ1) is 14.3. The molecule has 0 spiro atoms. The van der Waals surface area contributed by atoms with Gasteiger partial charge in [0.25, 0.3) is 0 Å². The van der Waals surface area contributed by atoms with Gasteiger partial charge in [-0.3, -0.25) is 0 Å². The van der Waals surface area contributed by atoms with Crippen molar-refractivity contribution in [1.82, 2.24) is 10.2 Å². The molecule has 1 aliphatic heterocycles. The molecule has 0 aromatic heterocycles. The normalized spacial score (nSPS) is 32.7. The minimum Gasteiger partial charge on any atom is -0.377 e. The summed E-state index contributed by atoms with van der Waals surface area (Å²) >= 11 is 0. The van der Waals surface area contributed by atoms with Crippen molar-refractivity contribution in [3.05, 3.63) is 0 Å². The Bertz CT molecular complexity index is 232. The topological polar surface area (TPSA) is 33.7 Å². The molecule has 0 aromatic rings. The van der Waals surface area contributed by atoms with Crippen LogP contribution in [-0.4, -0.2) is 63.0 Å². The first-order valence-corrected chi connectivity index (χ1v) is 7.45. The van der Waals surface area contributed by atoms with E-state index in [2.05, 4.69) is 10.2 Å². The number of hydrogen-bond donors (Lipinski definition) is 1. The fourth-order valence-electron chi connectivity index (χ4n) is 3.07. The van der Waals surface area contributed by atoms with Gasteiger partial charge >= 0.3 is 0 Å². The summed E-state index contributed by atoms with van der Waals surface area (Å²) < 4.78 is 11.1. The van der Waals surface area contributed by atoms with Gasteiger partial charge in [-0.05, 0) is 58.8 Å². The molecule has 0 aromatic carbocycles. The fraction of sp³-hybridized carbons (Fsp3) is 1.00. The maximum atomic E-state index is 5.63. The van der Waals surface area contributed by atoms with Crippen molar-refractivity contribution in [2.45, 2.75) is 50.9 Å². The van der Waals surface area contributed by atoms with Gasteiger partial charge in [0.2, 0.25) is 0 Å². The lowest BCUT2D eigenvalue weighted by atomic mass is 9.85. The highest BCUT2D eigenvalue weighted by atomic mass is 16.5. The van der Waals surface area contributed by atoms with Crippen molar-refractivity contribution >= 4 is 0 Å². The summed E-state index contributed by atoms with van der Waals surface area (Å²) in [5, 5.41) is 3.60. The lowest BCUT2D eigenvalue weighted by molar-refractivity contribution is -0.131. The zero-order valence-electron chi connectivity index (χ0n) is 11.9. The van der Waals surface area contributed by atoms with Crippen molar-refractivity contribution in [2.75, 3.05) is 39.9 Å². The number of nitrogens with one attached hydrogen (secondary N) is 1. The monoisotopic (exact) mass is 256 g/mol. The lowest BCUT2D eigenvalue weighted by Gasteiger charge is -2.43. The van der Waals surface area contributed by atoms with Crippen LogP contribution >= 0.6 is 0 Å². The molecule has 1 N–H and O–H groups in total. The first-order valence-electron chi connectivity index (χ1n) is 7.45. The van der Waals surface area contributed by atoms with Crippen LogP contribution < -0.4 is 5.32 Å². The molecule has 18 heavy (non-hydrogen) atoms. The van der Waals surface area contributed by atoms with Crippen molar-refractivity contribution in [3.8, 4) is 0 Å². The van der Waals surface area contributed by atoms with E-state index in [4.69, 9.17) is 9.47 Å². The molecule has 0 amide bonds. The summed E-state index contributed by atoms with van der Waals surface area (Å²) in [7, 11) is 1.79. The molecule has 0 bridgehead atoms. The third-order valence-electron chi connectivity index (χ3n) is 4.16. The molecule has 3 unspecified atom stereocenters. The number of nitrogens with zero attached hydrogens (tertiary/aromatic N) is 1. The molecule has 3 atom stereocenters. The van der Waals surface area contributed by atoms with Crippen molar-refractivity contribution in [3.63, 3.8) is 0 Å². The average Bonchev–Trinajstić information content (AvgIpc) is 2.85. The standard InChI is InChI=1S/C14H28N2O2/c1-3-18-13-11-12(14(13)17-2)15-7-6-10-16-8-4-5-9-16/h12-15H,3-11H2,1-2H3. The quantitative estimate of drug-likeness (QED) is 0.663. The van der Waals surface area contributed by atoms with Gasteiger partial charge in [0.05, 0.1) is 12.2 Å². The molecule has 4 nitrogen and oxygen atoms in total. The van der Waals surface area contributed by atoms with E-state index in [1.165, 1.54) is 38.9 Å². The number of ether oxygens (including phenoxy) is 2. The fourth-order valence-corrected chi connectivity index (χ4v) is 3.07. The molecule has 2 aliphatic rings. The van der Waals surface area contributed by atoms with E-state index < -0.39 is 0 Å². The van der Waals surface area contributed by atoms with Crippen LogP contribution in [0.4, 0.5) is 0 Å². The van der Waals surface area contributed by atoms with Gasteiger partial charge in [0.1, 0.15) is 0 Å². The van der Waals surface area contributed by atoms with Crippen molar-refractivity contribution < 1.29 is 9.47 Å². The molecule has 1 saturated heterocycles. The molecule has 1 saturated carbocycles. The second-order valence-electron chi connectivity index (χ2n) is 5.39. The maximum absolute atomic E-state index is 5.63. The Hall–Kier alpha value is -0.160. The van der Waals surface area contributed by atoms with E-state index in [-0.39, 0.29) is 6.10 Å². The van der Waals surface area contributed by atoms with Crippen LogP contribution in [0.1, 0.15) is 32.6 Å². The van der Waals surface area contributed by atoms with Gasteiger partial charge in [-0.15, -0.1) is 0 Å². The molecule has 1 heterocycles. The van der Waals surface area contributed by atoms with E-state index in [0.29, 0.717) is 12.1 Å². The lowest BCUT2D eigenvalue weighted by Crippen LogP contribution is -2.60. The molecular formula is C14H28N2O2. The van der Waals surface area contributed by atoms with Crippen LogP contribution in [0, 0.1) is 0 Å². The third-order valence-corrected chi connectivity index (χ3v) is 4.16. The molecule has 0 radical (unpaired) electrons. The number of methoxy groups -OCH3 is 1. The summed E-state index contributed by atoms with van der Waals surface area (Å²) in [5.74, 6) is 0. The van der Waals surface area contributed by atoms with Crippen molar-refractivity contribution in [1.29, 1.82) is 0 Å². The Balaban J connectivity index is 1.54. The van der Waals surface area contributed by atoms with E-state index in [9.17, 15) is 0 Å². The second kappa shape index (κ2) is 7.43. The van der Waals surface area contributed by atoms with Gasteiger partial charge in [0, 0.05) is 19.8 Å². The summed E-state index contributed by atoms with van der Waals surface area (Å²) in [6.45, 7) is 7.77. The summed E-state index contributed by atoms with van der Waals surface area (Å²) in [4.78, 5) is 2.57. The minimum absolute atomic E-state index is 0.247. The highest BCUT2D eigenvalue weighted by molar-refractivity contribution is 4.97. The van der Waals surface area contributed by atoms with E-state index in [0.717, 1.165) is 19.6 Å². The van der Waals surface area contributed by atoms with Gasteiger partial charge < -0.3 is 19.7 Å². The van der Waals surface area contributed by atoms with Crippen LogP contribution in [0.2, 0.25) is 0 Å². The Morgan fingerprint density at radius 1 is 1.28 bits per heavy atom. The van der Waals surface area contributed by atoms with Crippen LogP contribution in [0.15, 0.2) is 0 Å². The van der Waals surface area contributed by atoms with Crippen LogP contribution in [0.5, 0.6) is 0 Å². The van der Waals surface area contributed by atoms with Crippen LogP contribution in [0.3, 0.4) is 0 Å². The number of rotatable bonds is 8. The highest BCUT2D eigenvalue weighted by Crippen LogP contribution is 2.26. The van der Waals surface area contributed by atoms with E-state index in [1.807, 2.05) is 6.92 Å². The van der Waals surface area contributed by atoms with Gasteiger partial charge in [0.15, 0.2) is 0 Å². The Morgan fingerprint density at radius 3 is 2.72 bits per heavy atom. The molecule has 1 aliphatic carbocycles. The molecule has 2 rings (SSSR count). The minimum atomic E-state index is 0.247. The Morgan fingerprint density at radius 2 is 2.06 bits per heavy atom. The van der Waals surface area contributed by atoms with Crippen LogP contribution in [0.25, 0.3) is 0 Å². The summed E-state index contributed by atoms with van der Waals surface area (Å²) in [6.07, 6.45) is 5.66.